The average Bonchev–Trinajstić information content (AvgIpc) is 2.33. The second-order valence-electron chi connectivity index (χ2n) is 5.57. The van der Waals surface area contributed by atoms with Gasteiger partial charge in [0, 0.05) is 6.61 Å². The van der Waals surface area contributed by atoms with Gasteiger partial charge in [0.1, 0.15) is 0 Å². The van der Waals surface area contributed by atoms with Crippen LogP contribution in [0.3, 0.4) is 0 Å². The first-order chi connectivity index (χ1) is 9.49. The van der Waals surface area contributed by atoms with Crippen molar-refractivity contribution in [3.8, 4) is 0 Å². The fraction of sp³-hybridized carbons (Fsp3) is 0.333. The lowest BCUT2D eigenvalue weighted by atomic mass is 10.2. The minimum absolute atomic E-state index is 0.242. The van der Waals surface area contributed by atoms with Crippen molar-refractivity contribution in [1.82, 2.24) is 0 Å². The Morgan fingerprint density at radius 3 is 1.35 bits per heavy atom. The normalized spacial score (nSPS) is 11.1. The van der Waals surface area contributed by atoms with Crippen LogP contribution >= 0.6 is 7.92 Å². The van der Waals surface area contributed by atoms with Gasteiger partial charge in [0.15, 0.2) is 0 Å². The molecule has 2 heteroatoms. The van der Waals surface area contributed by atoms with E-state index in [1.165, 1.54) is 32.9 Å². The second-order valence-corrected chi connectivity index (χ2v) is 7.90. The van der Waals surface area contributed by atoms with Gasteiger partial charge >= 0.3 is 0 Å². The molecule has 2 rings (SSSR count). The van der Waals surface area contributed by atoms with E-state index in [0.717, 1.165) is 6.16 Å². The smallest absolute Gasteiger partial charge is 0.0476 e. The molecule has 0 heterocycles. The third-order valence-electron chi connectivity index (χ3n) is 3.36. The summed E-state index contributed by atoms with van der Waals surface area (Å²) in [7, 11) is -0.466. The van der Waals surface area contributed by atoms with E-state index in [0.29, 0.717) is 0 Å². The molecule has 0 atom stereocenters. The SMILES string of the molecule is Cc1cc(C)cc(P(CCO)c2cc(C)cc(C)c2)c1. The van der Waals surface area contributed by atoms with E-state index >= 15 is 0 Å². The lowest BCUT2D eigenvalue weighted by Gasteiger charge is -2.20. The maximum atomic E-state index is 9.45. The summed E-state index contributed by atoms with van der Waals surface area (Å²) in [6.45, 7) is 8.81. The van der Waals surface area contributed by atoms with Gasteiger partial charge in [-0.25, -0.2) is 0 Å². The van der Waals surface area contributed by atoms with Gasteiger partial charge in [-0.05, 0) is 52.4 Å². The first-order valence-corrected chi connectivity index (χ1v) is 8.57. The van der Waals surface area contributed by atoms with Crippen molar-refractivity contribution >= 4 is 18.5 Å². The molecule has 0 saturated carbocycles. The largest absolute Gasteiger partial charge is 0.396 e. The van der Waals surface area contributed by atoms with Gasteiger partial charge in [-0.15, -0.1) is 0 Å². The zero-order valence-electron chi connectivity index (χ0n) is 12.8. The lowest BCUT2D eigenvalue weighted by Crippen LogP contribution is -2.17. The fourth-order valence-corrected chi connectivity index (χ4v) is 5.17. The highest BCUT2D eigenvalue weighted by atomic mass is 31.1. The van der Waals surface area contributed by atoms with Crippen LogP contribution in [0.25, 0.3) is 0 Å². The third kappa shape index (κ3) is 3.69. The van der Waals surface area contributed by atoms with E-state index in [9.17, 15) is 5.11 Å². The van der Waals surface area contributed by atoms with Crippen LogP contribution in [0.1, 0.15) is 22.3 Å². The minimum atomic E-state index is -0.466. The molecular formula is C18H23OP. The molecule has 0 saturated heterocycles. The maximum absolute atomic E-state index is 9.45. The third-order valence-corrected chi connectivity index (χ3v) is 5.77. The van der Waals surface area contributed by atoms with Crippen LogP contribution in [0.4, 0.5) is 0 Å². The first-order valence-electron chi connectivity index (χ1n) is 7.04. The Morgan fingerprint density at radius 2 is 1.05 bits per heavy atom. The number of rotatable bonds is 4. The molecule has 0 amide bonds. The molecule has 2 aromatic rings. The molecule has 0 unspecified atom stereocenters. The fourth-order valence-electron chi connectivity index (χ4n) is 2.72. The monoisotopic (exact) mass is 286 g/mol. The number of aliphatic hydroxyl groups is 1. The summed E-state index contributed by atoms with van der Waals surface area (Å²) in [4.78, 5) is 0. The molecule has 106 valence electrons. The van der Waals surface area contributed by atoms with Crippen LogP contribution in [0, 0.1) is 27.7 Å². The Balaban J connectivity index is 2.49. The van der Waals surface area contributed by atoms with Crippen molar-refractivity contribution in [2.24, 2.45) is 0 Å². The Labute approximate surface area is 123 Å². The maximum Gasteiger partial charge on any atom is 0.0476 e. The summed E-state index contributed by atoms with van der Waals surface area (Å²) < 4.78 is 0. The molecule has 0 aromatic heterocycles. The summed E-state index contributed by atoms with van der Waals surface area (Å²) in [6, 6.07) is 13.5. The first kappa shape index (κ1) is 15.2. The summed E-state index contributed by atoms with van der Waals surface area (Å²) in [6.07, 6.45) is 0.834. The van der Waals surface area contributed by atoms with Crippen molar-refractivity contribution in [2.75, 3.05) is 12.8 Å². The van der Waals surface area contributed by atoms with Gasteiger partial charge in [0.2, 0.25) is 0 Å². The van der Waals surface area contributed by atoms with Crippen LogP contribution < -0.4 is 10.6 Å². The second kappa shape index (κ2) is 6.52. The van der Waals surface area contributed by atoms with Crippen LogP contribution in [0.5, 0.6) is 0 Å². The molecule has 0 bridgehead atoms. The summed E-state index contributed by atoms with van der Waals surface area (Å²) in [5.74, 6) is 0. The van der Waals surface area contributed by atoms with Crippen LogP contribution in [-0.4, -0.2) is 17.9 Å². The van der Waals surface area contributed by atoms with Gasteiger partial charge in [-0.1, -0.05) is 58.7 Å². The molecule has 1 nitrogen and oxygen atoms in total. The van der Waals surface area contributed by atoms with E-state index in [1.54, 1.807) is 0 Å². The van der Waals surface area contributed by atoms with E-state index in [1.807, 2.05) is 0 Å². The van der Waals surface area contributed by atoms with Gasteiger partial charge in [-0.2, -0.15) is 0 Å². The van der Waals surface area contributed by atoms with E-state index in [4.69, 9.17) is 0 Å². The number of hydrogen-bond acceptors (Lipinski definition) is 1. The van der Waals surface area contributed by atoms with E-state index in [-0.39, 0.29) is 6.61 Å². The zero-order valence-corrected chi connectivity index (χ0v) is 13.7. The van der Waals surface area contributed by atoms with Crippen molar-refractivity contribution in [3.05, 3.63) is 58.7 Å². The average molecular weight is 286 g/mol. The molecule has 0 fully saturated rings. The van der Waals surface area contributed by atoms with Crippen molar-refractivity contribution in [2.45, 2.75) is 27.7 Å². The highest BCUT2D eigenvalue weighted by Crippen LogP contribution is 2.34. The molecule has 1 N–H and O–H groups in total. The van der Waals surface area contributed by atoms with Gasteiger partial charge in [0.05, 0.1) is 0 Å². The van der Waals surface area contributed by atoms with Crippen molar-refractivity contribution in [1.29, 1.82) is 0 Å². The van der Waals surface area contributed by atoms with E-state index < -0.39 is 7.92 Å². The van der Waals surface area contributed by atoms with E-state index in [2.05, 4.69) is 64.1 Å². The number of aliphatic hydroxyl groups excluding tert-OH is 1. The summed E-state index contributed by atoms with van der Waals surface area (Å²) >= 11 is 0. The zero-order chi connectivity index (χ0) is 14.7. The van der Waals surface area contributed by atoms with Gasteiger partial charge in [-0.3, -0.25) is 0 Å². The highest BCUT2D eigenvalue weighted by Gasteiger charge is 2.14. The molecule has 0 spiro atoms. The van der Waals surface area contributed by atoms with Crippen LogP contribution in [0.2, 0.25) is 0 Å². The Kier molecular flexibility index (Phi) is 4.96. The summed E-state index contributed by atoms with van der Waals surface area (Å²) in [5.41, 5.74) is 5.20. The molecule has 0 radical (unpaired) electrons. The van der Waals surface area contributed by atoms with Crippen LogP contribution in [-0.2, 0) is 0 Å². The highest BCUT2D eigenvalue weighted by molar-refractivity contribution is 7.73. The molecule has 0 aliphatic rings. The Bertz CT molecular complexity index is 512. The lowest BCUT2D eigenvalue weighted by molar-refractivity contribution is 0.322. The quantitative estimate of drug-likeness (QED) is 0.855. The minimum Gasteiger partial charge on any atom is -0.396 e. The number of aryl methyl sites for hydroxylation is 4. The molecule has 20 heavy (non-hydrogen) atoms. The predicted octanol–water partition coefficient (Wildman–Crippen LogP) is 3.35. The Morgan fingerprint density at radius 1 is 0.700 bits per heavy atom. The topological polar surface area (TPSA) is 20.2 Å². The van der Waals surface area contributed by atoms with Crippen molar-refractivity contribution in [3.63, 3.8) is 0 Å². The number of hydrogen-bond donors (Lipinski definition) is 1. The molecular weight excluding hydrogens is 263 g/mol. The predicted molar refractivity (Wildman–Crippen MR) is 90.0 cm³/mol. The number of benzene rings is 2. The van der Waals surface area contributed by atoms with Gasteiger partial charge < -0.3 is 5.11 Å². The standard InChI is InChI=1S/C18H23OP/c1-13-7-14(2)10-17(9-13)20(6-5-19)18-11-15(3)8-16(4)12-18/h7-12,19H,5-6H2,1-4H3. The Hall–Kier alpha value is -1.17. The van der Waals surface area contributed by atoms with Gasteiger partial charge in [0.25, 0.3) is 0 Å². The summed E-state index contributed by atoms with van der Waals surface area (Å²) in [5, 5.41) is 12.2. The van der Waals surface area contributed by atoms with Crippen molar-refractivity contribution < 1.29 is 5.11 Å². The molecule has 0 aliphatic carbocycles. The molecule has 2 aromatic carbocycles. The van der Waals surface area contributed by atoms with Crippen LogP contribution in [0.15, 0.2) is 36.4 Å². The molecule has 0 aliphatic heterocycles.